The maximum atomic E-state index is 12.7. The van der Waals surface area contributed by atoms with E-state index in [1.807, 2.05) is 0 Å². The number of aliphatic hydroxyl groups excluding tert-OH is 2. The van der Waals surface area contributed by atoms with Gasteiger partial charge in [-0.2, -0.15) is 0 Å². The number of aryl methyl sites for hydroxylation is 1. The van der Waals surface area contributed by atoms with E-state index in [4.69, 9.17) is 4.98 Å². The first-order chi connectivity index (χ1) is 14.7. The van der Waals surface area contributed by atoms with Crippen molar-refractivity contribution in [3.05, 3.63) is 33.7 Å². The molecule has 2 aliphatic rings. The average molecular weight is 465 g/mol. The van der Waals surface area contributed by atoms with Crippen molar-refractivity contribution in [2.45, 2.75) is 67.9 Å². The molecule has 1 unspecified atom stereocenters. The van der Waals surface area contributed by atoms with Crippen LogP contribution in [0.2, 0.25) is 0 Å². The number of fused-ring (bicyclic) bond motifs is 2. The van der Waals surface area contributed by atoms with Gasteiger partial charge in [-0.1, -0.05) is 13.8 Å². The average Bonchev–Trinajstić information content (AvgIpc) is 3.47. The van der Waals surface area contributed by atoms with Crippen LogP contribution in [0.25, 0.3) is 0 Å². The van der Waals surface area contributed by atoms with E-state index in [1.54, 1.807) is 6.92 Å². The van der Waals surface area contributed by atoms with Gasteiger partial charge in [0.25, 0.3) is 0 Å². The molecule has 2 aromatic heterocycles. The molecule has 8 nitrogen and oxygen atoms in total. The maximum absolute atomic E-state index is 12.7. The molecule has 2 amide bonds. The van der Waals surface area contributed by atoms with Crippen LogP contribution < -0.4 is 5.32 Å². The number of aliphatic hydroxyl groups is 2. The highest BCUT2D eigenvalue weighted by molar-refractivity contribution is 7.78. The highest BCUT2D eigenvalue weighted by atomic mass is 32.2. The third kappa shape index (κ3) is 4.02. The fourth-order valence-electron chi connectivity index (χ4n) is 4.22. The normalized spacial score (nSPS) is 18.1. The molecule has 1 atom stereocenters. The molecule has 0 fully saturated rings. The Balaban J connectivity index is 1.61. The van der Waals surface area contributed by atoms with Crippen LogP contribution in [0.1, 0.15) is 61.1 Å². The van der Waals surface area contributed by atoms with Crippen LogP contribution in [-0.2, 0) is 40.7 Å². The zero-order chi connectivity index (χ0) is 22.4. The summed E-state index contributed by atoms with van der Waals surface area (Å²) in [4.78, 5) is 21.8. The third-order valence-electron chi connectivity index (χ3n) is 6.28. The lowest BCUT2D eigenvalue weighted by Gasteiger charge is -2.21. The van der Waals surface area contributed by atoms with Crippen molar-refractivity contribution in [2.75, 3.05) is 18.5 Å². The van der Waals surface area contributed by atoms with Crippen LogP contribution in [0, 0.1) is 0 Å². The number of carbonyl (C=O) groups excluding carboxylic acids is 1. The minimum atomic E-state index is -2.34. The van der Waals surface area contributed by atoms with Crippen LogP contribution in [0.15, 0.2) is 14.8 Å². The van der Waals surface area contributed by atoms with Gasteiger partial charge in [0.2, 0.25) is 0 Å². The number of anilines is 1. The maximum Gasteiger partial charge on any atom is 0.353 e. The largest absolute Gasteiger partial charge is 0.395 e. The summed E-state index contributed by atoms with van der Waals surface area (Å²) in [6.45, 7) is 5.43. The summed E-state index contributed by atoms with van der Waals surface area (Å²) in [7, 11) is -2.34. The van der Waals surface area contributed by atoms with Gasteiger partial charge < -0.3 is 15.5 Å². The number of hydrogen-bond donors (Lipinski definition) is 4. The molecule has 3 N–H and O–H groups in total. The molecule has 0 bridgehead atoms. The molecule has 0 aromatic carbocycles. The van der Waals surface area contributed by atoms with Gasteiger partial charge in [0.05, 0.1) is 46.8 Å². The number of thiazole rings is 1. The standard InChI is InChI=1S/C21H28N4O4S2/c1-20(2)8-7-13-16(12-5-4-6-14(12)23-17(13)20)24-19(28)25-31(29)15-9-22-18(30-15)21(3,10-26)11-27/h9,26-27,31H,4-8,10-11H2,1-3H3,(H,23,24,28). The number of aromatic nitrogens is 2. The smallest absolute Gasteiger partial charge is 0.353 e. The zero-order valence-corrected chi connectivity index (χ0v) is 19.6. The van der Waals surface area contributed by atoms with Crippen molar-refractivity contribution in [1.29, 1.82) is 0 Å². The lowest BCUT2D eigenvalue weighted by atomic mass is 9.90. The van der Waals surface area contributed by atoms with Crippen molar-refractivity contribution in [3.8, 4) is 0 Å². The van der Waals surface area contributed by atoms with E-state index in [-0.39, 0.29) is 18.6 Å². The van der Waals surface area contributed by atoms with Gasteiger partial charge in [-0.25, -0.2) is 14.0 Å². The van der Waals surface area contributed by atoms with E-state index in [0.29, 0.717) is 9.22 Å². The second kappa shape index (κ2) is 8.23. The minimum absolute atomic E-state index is 0.0279. The summed E-state index contributed by atoms with van der Waals surface area (Å²) < 4.78 is 16.9. The summed E-state index contributed by atoms with van der Waals surface area (Å²) in [6.07, 6.45) is 6.01. The van der Waals surface area contributed by atoms with E-state index in [2.05, 4.69) is 28.5 Å². The summed E-state index contributed by atoms with van der Waals surface area (Å²) in [5, 5.41) is 22.4. The van der Waals surface area contributed by atoms with Crippen molar-refractivity contribution in [1.82, 2.24) is 9.97 Å². The molecule has 0 aliphatic heterocycles. The van der Waals surface area contributed by atoms with Crippen LogP contribution in [-0.4, -0.2) is 43.6 Å². The number of amides is 2. The molecule has 10 heteroatoms. The molecular formula is C21H28N4O4S2. The van der Waals surface area contributed by atoms with Crippen LogP contribution in [0.4, 0.5) is 10.5 Å². The number of nitrogens with zero attached hydrogens (tertiary/aromatic N) is 3. The summed E-state index contributed by atoms with van der Waals surface area (Å²) >= 11 is 1.09. The molecule has 168 valence electrons. The van der Waals surface area contributed by atoms with Gasteiger partial charge in [-0.15, -0.1) is 15.7 Å². The van der Waals surface area contributed by atoms with Gasteiger partial charge in [0, 0.05) is 11.1 Å². The molecule has 2 heterocycles. The van der Waals surface area contributed by atoms with Gasteiger partial charge in [-0.05, 0) is 50.2 Å². The van der Waals surface area contributed by atoms with E-state index < -0.39 is 22.0 Å². The highest BCUT2D eigenvalue weighted by Gasteiger charge is 2.36. The second-order valence-electron chi connectivity index (χ2n) is 9.16. The summed E-state index contributed by atoms with van der Waals surface area (Å²) in [5.74, 6) is 0. The predicted octanol–water partition coefficient (Wildman–Crippen LogP) is 2.75. The van der Waals surface area contributed by atoms with E-state index in [9.17, 15) is 19.2 Å². The highest BCUT2D eigenvalue weighted by Crippen LogP contribution is 2.44. The quantitative estimate of drug-likeness (QED) is 0.504. The monoisotopic (exact) mass is 464 g/mol. The number of pyridine rings is 1. The second-order valence-corrected chi connectivity index (χ2v) is 11.7. The number of nitrogens with one attached hydrogen (secondary N) is 1. The minimum Gasteiger partial charge on any atom is -0.395 e. The molecular weight excluding hydrogens is 436 g/mol. The fourth-order valence-corrected chi connectivity index (χ4v) is 6.16. The topological polar surface area (TPSA) is 125 Å². The number of thiol groups is 1. The van der Waals surface area contributed by atoms with Gasteiger partial charge in [0.1, 0.15) is 9.22 Å². The fraction of sp³-hybridized carbons (Fsp3) is 0.571. The Morgan fingerprint density at radius 1 is 1.29 bits per heavy atom. The number of hydrogen-bond acceptors (Lipinski definition) is 7. The summed E-state index contributed by atoms with van der Waals surface area (Å²) in [5.41, 5.74) is 4.10. The van der Waals surface area contributed by atoms with Gasteiger partial charge in [0.15, 0.2) is 0 Å². The summed E-state index contributed by atoms with van der Waals surface area (Å²) in [6, 6.07) is -0.643. The number of rotatable bonds is 5. The van der Waals surface area contributed by atoms with Crippen LogP contribution in [0.3, 0.4) is 0 Å². The Bertz CT molecular complexity index is 1110. The first kappa shape index (κ1) is 22.3. The van der Waals surface area contributed by atoms with Crippen LogP contribution in [0.5, 0.6) is 0 Å². The molecule has 0 saturated carbocycles. The van der Waals surface area contributed by atoms with Crippen molar-refractivity contribution < 1.29 is 19.2 Å². The lowest BCUT2D eigenvalue weighted by Crippen LogP contribution is -2.30. The molecule has 4 rings (SSSR count). The predicted molar refractivity (Wildman–Crippen MR) is 120 cm³/mol. The van der Waals surface area contributed by atoms with Crippen molar-refractivity contribution in [3.63, 3.8) is 0 Å². The van der Waals surface area contributed by atoms with Crippen LogP contribution >= 0.6 is 11.3 Å². The molecule has 31 heavy (non-hydrogen) atoms. The van der Waals surface area contributed by atoms with Gasteiger partial charge in [-0.3, -0.25) is 4.98 Å². The number of urea groups is 1. The first-order valence-electron chi connectivity index (χ1n) is 10.4. The Kier molecular flexibility index (Phi) is 5.93. The zero-order valence-electron chi connectivity index (χ0n) is 17.9. The third-order valence-corrected chi connectivity index (χ3v) is 8.98. The number of carbonyl (C=O) groups is 1. The lowest BCUT2D eigenvalue weighted by molar-refractivity contribution is 0.129. The van der Waals surface area contributed by atoms with E-state index in [1.165, 1.54) is 6.20 Å². The Hall–Kier alpha value is -1.88. The molecule has 0 saturated heterocycles. The molecule has 2 aliphatic carbocycles. The Morgan fingerprint density at radius 3 is 2.74 bits per heavy atom. The van der Waals surface area contributed by atoms with E-state index >= 15 is 0 Å². The molecule has 0 radical (unpaired) electrons. The first-order valence-corrected chi connectivity index (χ1v) is 12.4. The van der Waals surface area contributed by atoms with E-state index in [0.717, 1.165) is 71.6 Å². The molecule has 0 spiro atoms. The van der Waals surface area contributed by atoms with Crippen molar-refractivity contribution >= 4 is 33.7 Å². The Labute approximate surface area is 187 Å². The Morgan fingerprint density at radius 2 is 2.03 bits per heavy atom. The van der Waals surface area contributed by atoms with Crippen molar-refractivity contribution in [2.24, 2.45) is 4.36 Å². The molecule has 2 aromatic rings. The van der Waals surface area contributed by atoms with Gasteiger partial charge >= 0.3 is 6.03 Å². The SMILES string of the molecule is CC1(C)CCc2c1nc1c(c2NC(=O)N=[SH](=O)c2cnc(C(C)(CO)CO)s2)CCC1.